The Labute approximate surface area is 190 Å². The van der Waals surface area contributed by atoms with E-state index in [9.17, 15) is 14.4 Å². The van der Waals surface area contributed by atoms with E-state index in [1.54, 1.807) is 10.7 Å². The number of piperidine rings is 1. The summed E-state index contributed by atoms with van der Waals surface area (Å²) in [5.74, 6) is -0.114. The second-order valence-corrected chi connectivity index (χ2v) is 8.60. The van der Waals surface area contributed by atoms with E-state index in [1.807, 2.05) is 42.6 Å². The van der Waals surface area contributed by atoms with E-state index in [4.69, 9.17) is 4.74 Å². The van der Waals surface area contributed by atoms with Gasteiger partial charge in [0.1, 0.15) is 17.5 Å². The average Bonchev–Trinajstić information content (AvgIpc) is 3.38. The van der Waals surface area contributed by atoms with Gasteiger partial charge in [0.05, 0.1) is 18.0 Å². The molecule has 2 aliphatic heterocycles. The second-order valence-electron chi connectivity index (χ2n) is 8.60. The van der Waals surface area contributed by atoms with Crippen molar-refractivity contribution in [3.63, 3.8) is 0 Å². The number of aromatic nitrogens is 3. The van der Waals surface area contributed by atoms with Crippen LogP contribution in [-0.2, 0) is 16.1 Å². The van der Waals surface area contributed by atoms with Crippen LogP contribution in [0.15, 0.2) is 48.7 Å². The lowest BCUT2D eigenvalue weighted by molar-refractivity contribution is -0.136. The molecule has 33 heavy (non-hydrogen) atoms. The molecule has 3 aromatic rings. The van der Waals surface area contributed by atoms with Gasteiger partial charge in [0.2, 0.25) is 11.8 Å². The maximum Gasteiger partial charge on any atom is 0.255 e. The molecular weight excluding hydrogens is 422 g/mol. The lowest BCUT2D eigenvalue weighted by Gasteiger charge is -2.29. The zero-order valence-corrected chi connectivity index (χ0v) is 17.7. The van der Waals surface area contributed by atoms with Gasteiger partial charge in [-0.05, 0) is 55.2 Å². The van der Waals surface area contributed by atoms with Gasteiger partial charge in [-0.3, -0.25) is 19.7 Å². The topological polar surface area (TPSA) is 106 Å². The fourth-order valence-corrected chi connectivity index (χ4v) is 4.36. The first-order valence-electron chi connectivity index (χ1n) is 11.0. The van der Waals surface area contributed by atoms with Crippen LogP contribution in [0, 0.1) is 0 Å². The third-order valence-electron chi connectivity index (χ3n) is 6.25. The van der Waals surface area contributed by atoms with Crippen molar-refractivity contribution in [1.29, 1.82) is 0 Å². The molecule has 1 atom stereocenters. The van der Waals surface area contributed by atoms with Gasteiger partial charge in [0.25, 0.3) is 5.91 Å². The molecule has 0 spiro atoms. The Morgan fingerprint density at radius 3 is 2.70 bits per heavy atom. The summed E-state index contributed by atoms with van der Waals surface area (Å²) in [7, 11) is 0. The van der Waals surface area contributed by atoms with Crippen LogP contribution >= 0.6 is 0 Å². The fraction of sp³-hybridized carbons (Fsp3) is 0.292. The predicted octanol–water partition coefficient (Wildman–Crippen LogP) is 2.48. The first-order valence-corrected chi connectivity index (χ1v) is 11.0. The molecule has 1 aromatic heterocycles. The number of hydrogen-bond donors (Lipinski definition) is 1. The van der Waals surface area contributed by atoms with Crippen LogP contribution < -0.4 is 10.1 Å². The molecule has 0 bridgehead atoms. The van der Waals surface area contributed by atoms with Crippen molar-refractivity contribution in [3.8, 4) is 22.7 Å². The Balaban J connectivity index is 0.00000241. The molecule has 1 unspecified atom stereocenters. The molecule has 168 valence electrons. The maximum atomic E-state index is 12.9. The minimum Gasteiger partial charge on any atom is -0.490 e. The molecular formula is C24H23N5O4. The van der Waals surface area contributed by atoms with E-state index in [1.165, 1.54) is 4.90 Å². The number of para-hydroxylation sites is 1. The first-order chi connectivity index (χ1) is 16.1. The Kier molecular flexibility index (Phi) is 4.49. The van der Waals surface area contributed by atoms with Gasteiger partial charge < -0.3 is 9.64 Å². The number of amides is 3. The molecule has 3 aliphatic rings. The molecule has 6 rings (SSSR count). The summed E-state index contributed by atoms with van der Waals surface area (Å²) < 4.78 is 7.68. The molecule has 9 heteroatoms. The largest absolute Gasteiger partial charge is 0.490 e. The van der Waals surface area contributed by atoms with E-state index in [-0.39, 0.29) is 25.8 Å². The third kappa shape index (κ3) is 3.55. The molecule has 0 radical (unpaired) electrons. The SMILES string of the molecule is O=C1CCC(N2Cc3cc(-n4cc(-c5ccccc5OC5CC5)nn4)ccc3C2=O)C(=O)N1.[HH]. The van der Waals surface area contributed by atoms with Gasteiger partial charge in [0.15, 0.2) is 0 Å². The molecule has 1 saturated heterocycles. The average molecular weight is 445 g/mol. The molecule has 3 heterocycles. The minimum absolute atomic E-state index is 0. The van der Waals surface area contributed by atoms with Gasteiger partial charge in [-0.15, -0.1) is 5.10 Å². The number of carbonyl (C=O) groups excluding carboxylic acids is 3. The summed E-state index contributed by atoms with van der Waals surface area (Å²) >= 11 is 0. The lowest BCUT2D eigenvalue weighted by Crippen LogP contribution is -2.52. The minimum atomic E-state index is -0.632. The quantitative estimate of drug-likeness (QED) is 0.605. The molecule has 9 nitrogen and oxygen atoms in total. The lowest BCUT2D eigenvalue weighted by atomic mass is 10.0. The zero-order valence-electron chi connectivity index (χ0n) is 17.7. The van der Waals surface area contributed by atoms with E-state index in [2.05, 4.69) is 15.6 Å². The number of imide groups is 1. The van der Waals surface area contributed by atoms with Crippen molar-refractivity contribution in [1.82, 2.24) is 25.2 Å². The molecule has 2 fully saturated rings. The van der Waals surface area contributed by atoms with Crippen LogP contribution in [0.4, 0.5) is 0 Å². The summed E-state index contributed by atoms with van der Waals surface area (Å²) in [5.41, 5.74) is 3.73. The van der Waals surface area contributed by atoms with Gasteiger partial charge in [-0.25, -0.2) is 4.68 Å². The highest BCUT2D eigenvalue weighted by molar-refractivity contribution is 6.05. The van der Waals surface area contributed by atoms with Crippen molar-refractivity contribution in [3.05, 3.63) is 59.8 Å². The number of carbonyl (C=O) groups is 3. The van der Waals surface area contributed by atoms with Crippen LogP contribution in [0.25, 0.3) is 16.9 Å². The third-order valence-corrected chi connectivity index (χ3v) is 6.25. The number of rotatable bonds is 5. The van der Waals surface area contributed by atoms with Gasteiger partial charge in [-0.2, -0.15) is 0 Å². The number of benzene rings is 2. The number of hydrogen-bond acceptors (Lipinski definition) is 6. The van der Waals surface area contributed by atoms with Crippen LogP contribution in [0.3, 0.4) is 0 Å². The van der Waals surface area contributed by atoms with E-state index < -0.39 is 11.9 Å². The van der Waals surface area contributed by atoms with Crippen LogP contribution in [-0.4, -0.2) is 49.8 Å². The maximum absolute atomic E-state index is 12.9. The Hall–Kier alpha value is -4.01. The monoisotopic (exact) mass is 445 g/mol. The number of nitrogens with one attached hydrogen (secondary N) is 1. The van der Waals surface area contributed by atoms with Crippen molar-refractivity contribution in [2.24, 2.45) is 0 Å². The first kappa shape index (κ1) is 19.7. The van der Waals surface area contributed by atoms with Gasteiger partial charge >= 0.3 is 0 Å². The number of nitrogens with zero attached hydrogens (tertiary/aromatic N) is 4. The molecule has 1 N–H and O–H groups in total. The Bertz CT molecular complexity index is 1300. The van der Waals surface area contributed by atoms with Crippen molar-refractivity contribution >= 4 is 17.7 Å². The van der Waals surface area contributed by atoms with Crippen LogP contribution in [0.2, 0.25) is 0 Å². The molecule has 3 amide bonds. The van der Waals surface area contributed by atoms with Crippen molar-refractivity contribution in [2.45, 2.75) is 44.4 Å². The summed E-state index contributed by atoms with van der Waals surface area (Å²) in [6, 6.07) is 12.6. The van der Waals surface area contributed by atoms with E-state index in [0.29, 0.717) is 24.2 Å². The summed E-state index contributed by atoms with van der Waals surface area (Å²) in [4.78, 5) is 38.2. The van der Waals surface area contributed by atoms with Crippen molar-refractivity contribution in [2.75, 3.05) is 0 Å². The standard InChI is InChI=1S/C24H21N5O4.H2/c30-22-10-9-20(23(31)25-22)28-12-14-11-15(5-8-17(14)24(28)32)29-13-19(26-27-29)18-3-1-2-4-21(18)33-16-6-7-16;/h1-5,8,11,13,16,20H,6-7,9-10,12H2,(H,25,30,31);1H. The van der Waals surface area contributed by atoms with Crippen LogP contribution in [0.1, 0.15) is 43.0 Å². The Morgan fingerprint density at radius 2 is 1.88 bits per heavy atom. The summed E-state index contributed by atoms with van der Waals surface area (Å²) in [5, 5.41) is 10.9. The normalized spacial score (nSPS) is 20.1. The highest BCUT2D eigenvalue weighted by atomic mass is 16.5. The molecule has 2 aromatic carbocycles. The summed E-state index contributed by atoms with van der Waals surface area (Å²) in [6.45, 7) is 0.313. The van der Waals surface area contributed by atoms with Crippen LogP contribution in [0.5, 0.6) is 5.75 Å². The zero-order chi connectivity index (χ0) is 22.5. The molecule has 1 saturated carbocycles. The highest BCUT2D eigenvalue weighted by Crippen LogP contribution is 2.34. The molecule has 1 aliphatic carbocycles. The second kappa shape index (κ2) is 7.54. The fourth-order valence-electron chi connectivity index (χ4n) is 4.36. The highest BCUT2D eigenvalue weighted by Gasteiger charge is 2.39. The number of ether oxygens (including phenoxy) is 1. The number of fused-ring (bicyclic) bond motifs is 1. The van der Waals surface area contributed by atoms with E-state index >= 15 is 0 Å². The predicted molar refractivity (Wildman–Crippen MR) is 119 cm³/mol. The van der Waals surface area contributed by atoms with E-state index in [0.717, 1.165) is 35.4 Å². The summed E-state index contributed by atoms with van der Waals surface area (Å²) in [6.07, 6.45) is 4.84. The smallest absolute Gasteiger partial charge is 0.255 e. The van der Waals surface area contributed by atoms with Gasteiger partial charge in [0, 0.05) is 25.5 Å². The van der Waals surface area contributed by atoms with Crippen molar-refractivity contribution < 1.29 is 20.5 Å². The Morgan fingerprint density at radius 1 is 1.03 bits per heavy atom. The van der Waals surface area contributed by atoms with Gasteiger partial charge in [-0.1, -0.05) is 17.3 Å².